The minimum atomic E-state index is -0.432. The molecule has 6 nitrogen and oxygen atoms in total. The lowest BCUT2D eigenvalue weighted by Gasteiger charge is -2.35. The number of likely N-dealkylation sites (tertiary alicyclic amines) is 1. The van der Waals surface area contributed by atoms with Crippen LogP contribution in [0.4, 0.5) is 0 Å². The third-order valence-electron chi connectivity index (χ3n) is 5.69. The Bertz CT molecular complexity index is 970. The highest BCUT2D eigenvalue weighted by Crippen LogP contribution is 2.31. The summed E-state index contributed by atoms with van der Waals surface area (Å²) in [7, 11) is 0. The summed E-state index contributed by atoms with van der Waals surface area (Å²) in [4.78, 5) is 37.2. The first-order valence-corrected chi connectivity index (χ1v) is 16.7. The highest BCUT2D eigenvalue weighted by molar-refractivity contribution is 8.12. The molecule has 2 N–H and O–H groups in total. The SMILES string of the molecule is CC.CC.CCC#CSC(=C(C)C)c1ccc(CNC=O)cc1.CCSC(C)(C)C(NC(C)=O)C(=O)N1CCCC1. The lowest BCUT2D eigenvalue weighted by atomic mass is 10.0. The van der Waals surface area contributed by atoms with Crippen molar-refractivity contribution in [3.63, 3.8) is 0 Å². The van der Waals surface area contributed by atoms with Crippen molar-refractivity contribution in [1.82, 2.24) is 15.5 Å². The standard InChI is InChI=1S/C16H19NOS.C13H24N2O2S.2C2H6/c1-4-5-10-19-16(13(2)3)15-8-6-14(7-9-15)11-17-12-18;1-5-18-13(3,4)11(14-10(2)16)12(17)15-8-6-7-9-15;2*1-2/h6-9,12H,4,11H2,1-3H3,(H,17,18);11H,5-9H2,1-4H3,(H,14,16);2*1-2H3. The Morgan fingerprint density at radius 2 is 1.59 bits per heavy atom. The molecule has 0 bridgehead atoms. The minimum absolute atomic E-state index is 0.0636. The fraction of sp³-hybridized carbons (Fsp3) is 0.606. The van der Waals surface area contributed by atoms with E-state index in [0.29, 0.717) is 13.0 Å². The van der Waals surface area contributed by atoms with Crippen LogP contribution in [0, 0.1) is 11.2 Å². The quantitative estimate of drug-likeness (QED) is 0.213. The number of benzene rings is 1. The molecule has 0 spiro atoms. The van der Waals surface area contributed by atoms with E-state index in [1.807, 2.05) is 65.5 Å². The van der Waals surface area contributed by atoms with Gasteiger partial charge in [0.25, 0.3) is 0 Å². The molecule has 0 aliphatic carbocycles. The van der Waals surface area contributed by atoms with E-state index < -0.39 is 6.04 Å². The molecule has 1 aromatic rings. The molecule has 1 unspecified atom stereocenters. The van der Waals surface area contributed by atoms with Crippen molar-refractivity contribution in [1.29, 1.82) is 0 Å². The van der Waals surface area contributed by atoms with Crippen molar-refractivity contribution in [2.24, 2.45) is 0 Å². The van der Waals surface area contributed by atoms with Gasteiger partial charge in [0.05, 0.1) is 0 Å². The Balaban J connectivity index is 0. The maximum Gasteiger partial charge on any atom is 0.246 e. The van der Waals surface area contributed by atoms with Crippen molar-refractivity contribution in [3.05, 3.63) is 41.0 Å². The van der Waals surface area contributed by atoms with Gasteiger partial charge in [-0.2, -0.15) is 11.8 Å². The number of nitrogens with zero attached hydrogens (tertiary/aromatic N) is 1. The van der Waals surface area contributed by atoms with Crippen LogP contribution in [0.1, 0.15) is 107 Å². The van der Waals surface area contributed by atoms with Gasteiger partial charge < -0.3 is 15.5 Å². The Hall–Kier alpha value is -2.37. The van der Waals surface area contributed by atoms with E-state index in [2.05, 4.69) is 54.7 Å². The van der Waals surface area contributed by atoms with Gasteiger partial charge in [-0.05, 0) is 74.4 Å². The van der Waals surface area contributed by atoms with Crippen molar-refractivity contribution < 1.29 is 14.4 Å². The van der Waals surface area contributed by atoms with Crippen molar-refractivity contribution in [2.75, 3.05) is 18.8 Å². The molecule has 1 fully saturated rings. The fourth-order valence-electron chi connectivity index (χ4n) is 3.85. The van der Waals surface area contributed by atoms with Crippen LogP contribution >= 0.6 is 23.5 Å². The zero-order valence-corrected chi connectivity index (χ0v) is 29.0. The predicted molar refractivity (Wildman–Crippen MR) is 182 cm³/mol. The van der Waals surface area contributed by atoms with E-state index in [0.717, 1.165) is 43.7 Å². The molecule has 1 heterocycles. The number of hydrogen-bond acceptors (Lipinski definition) is 5. The molecule has 41 heavy (non-hydrogen) atoms. The first-order valence-electron chi connectivity index (χ1n) is 14.9. The van der Waals surface area contributed by atoms with Gasteiger partial charge >= 0.3 is 0 Å². The Morgan fingerprint density at radius 3 is 2.02 bits per heavy atom. The number of nitrogens with one attached hydrogen (secondary N) is 2. The average Bonchev–Trinajstić information content (AvgIpc) is 3.50. The van der Waals surface area contributed by atoms with Gasteiger partial charge in [0.1, 0.15) is 6.04 Å². The van der Waals surface area contributed by atoms with Crippen LogP contribution in [-0.4, -0.2) is 52.8 Å². The second-order valence-corrected chi connectivity index (χ2v) is 12.2. The van der Waals surface area contributed by atoms with Crippen molar-refractivity contribution in [3.8, 4) is 11.2 Å². The number of amides is 3. The zero-order valence-electron chi connectivity index (χ0n) is 27.4. The molecular weight excluding hydrogens is 551 g/mol. The lowest BCUT2D eigenvalue weighted by molar-refractivity contribution is -0.135. The van der Waals surface area contributed by atoms with E-state index in [-0.39, 0.29) is 16.6 Å². The lowest BCUT2D eigenvalue weighted by Crippen LogP contribution is -2.56. The molecule has 1 saturated heterocycles. The second-order valence-electron chi connectivity index (χ2n) is 9.46. The summed E-state index contributed by atoms with van der Waals surface area (Å²) in [6, 6.07) is 7.78. The molecule has 3 amide bonds. The van der Waals surface area contributed by atoms with Gasteiger partial charge in [0.2, 0.25) is 18.2 Å². The largest absolute Gasteiger partial charge is 0.355 e. The zero-order chi connectivity index (χ0) is 31.8. The summed E-state index contributed by atoms with van der Waals surface area (Å²) in [6.45, 7) is 24.0. The van der Waals surface area contributed by atoms with Gasteiger partial charge in [-0.1, -0.05) is 77.3 Å². The molecule has 0 radical (unpaired) electrons. The number of thioether (sulfide) groups is 2. The van der Waals surface area contributed by atoms with Gasteiger partial charge in [0, 0.05) is 42.6 Å². The maximum absolute atomic E-state index is 12.5. The topological polar surface area (TPSA) is 78.5 Å². The van der Waals surface area contributed by atoms with Crippen LogP contribution < -0.4 is 10.6 Å². The summed E-state index contributed by atoms with van der Waals surface area (Å²) in [5, 5.41) is 8.60. The molecule has 0 aromatic heterocycles. The fourth-order valence-corrected chi connectivity index (χ4v) is 5.70. The summed E-state index contributed by atoms with van der Waals surface area (Å²) in [5.41, 5.74) is 3.52. The highest BCUT2D eigenvalue weighted by Gasteiger charge is 2.38. The molecule has 2 rings (SSSR count). The van der Waals surface area contributed by atoms with Gasteiger partial charge in [0.15, 0.2) is 0 Å². The third-order valence-corrected chi connectivity index (χ3v) is 8.05. The van der Waals surface area contributed by atoms with Crippen LogP contribution in [0.15, 0.2) is 29.8 Å². The van der Waals surface area contributed by atoms with Crippen LogP contribution in [0.3, 0.4) is 0 Å². The summed E-state index contributed by atoms with van der Waals surface area (Å²) < 4.78 is -0.278. The molecule has 1 aliphatic heterocycles. The van der Waals surface area contributed by atoms with E-state index in [4.69, 9.17) is 0 Å². The van der Waals surface area contributed by atoms with E-state index >= 15 is 0 Å². The number of carbonyl (C=O) groups is 3. The van der Waals surface area contributed by atoms with Gasteiger partial charge in [-0.15, -0.1) is 0 Å². The van der Waals surface area contributed by atoms with Crippen molar-refractivity contribution in [2.45, 2.75) is 113 Å². The molecule has 232 valence electrons. The third kappa shape index (κ3) is 16.6. The molecule has 1 aromatic carbocycles. The number of hydrogen-bond donors (Lipinski definition) is 2. The molecule has 0 saturated carbocycles. The van der Waals surface area contributed by atoms with E-state index in [9.17, 15) is 14.4 Å². The van der Waals surface area contributed by atoms with Crippen LogP contribution in [-0.2, 0) is 20.9 Å². The monoisotopic (exact) mass is 605 g/mol. The molecular formula is C33H55N3O3S2. The summed E-state index contributed by atoms with van der Waals surface area (Å²) in [6.07, 6.45) is 3.73. The van der Waals surface area contributed by atoms with Crippen LogP contribution in [0.25, 0.3) is 4.91 Å². The second kappa shape index (κ2) is 24.2. The highest BCUT2D eigenvalue weighted by atomic mass is 32.2. The minimum Gasteiger partial charge on any atom is -0.355 e. The van der Waals surface area contributed by atoms with E-state index in [1.54, 1.807) is 23.5 Å². The normalized spacial score (nSPS) is 12.3. The first kappa shape index (κ1) is 40.8. The number of carbonyl (C=O) groups excluding carboxylic acids is 3. The average molecular weight is 606 g/mol. The summed E-state index contributed by atoms with van der Waals surface area (Å²) in [5.74, 6) is 3.92. The number of rotatable bonds is 10. The van der Waals surface area contributed by atoms with Gasteiger partial charge in [-0.3, -0.25) is 14.4 Å². The van der Waals surface area contributed by atoms with Gasteiger partial charge in [-0.25, -0.2) is 0 Å². The Labute approximate surface area is 259 Å². The summed E-state index contributed by atoms with van der Waals surface area (Å²) >= 11 is 3.29. The maximum atomic E-state index is 12.5. The van der Waals surface area contributed by atoms with Crippen LogP contribution in [0.5, 0.6) is 0 Å². The number of allylic oxidation sites excluding steroid dienone is 1. The van der Waals surface area contributed by atoms with Crippen LogP contribution in [0.2, 0.25) is 0 Å². The van der Waals surface area contributed by atoms with E-state index in [1.165, 1.54) is 23.0 Å². The Kier molecular flexibility index (Phi) is 24.1. The first-order chi connectivity index (χ1) is 19.6. The molecule has 1 atom stereocenters. The Morgan fingerprint density at radius 1 is 1.02 bits per heavy atom. The molecule has 1 aliphatic rings. The smallest absolute Gasteiger partial charge is 0.246 e. The molecule has 8 heteroatoms. The predicted octanol–water partition coefficient (Wildman–Crippen LogP) is 7.49. The van der Waals surface area contributed by atoms with Crippen molar-refractivity contribution >= 4 is 46.7 Å².